The number of hydrogen-bond acceptors (Lipinski definition) is 5. The summed E-state index contributed by atoms with van der Waals surface area (Å²) in [6.07, 6.45) is 4.16. The fourth-order valence-corrected chi connectivity index (χ4v) is 1.14. The Labute approximate surface area is 110 Å². The van der Waals surface area contributed by atoms with Crippen LogP contribution in [0.5, 0.6) is 0 Å². The van der Waals surface area contributed by atoms with Crippen molar-refractivity contribution >= 4 is 6.16 Å². The van der Waals surface area contributed by atoms with Gasteiger partial charge in [-0.15, -0.1) is 0 Å². The van der Waals surface area contributed by atoms with E-state index in [-0.39, 0.29) is 0 Å². The standard InChI is InChI=1S/C13H26O5/c1-5-7-9-10-15-12(14)17-13(3,4)18-16-11-8-6-2/h5-11H2,1-4H3. The zero-order valence-electron chi connectivity index (χ0n) is 12.0. The molecule has 0 saturated heterocycles. The van der Waals surface area contributed by atoms with Gasteiger partial charge in [0.25, 0.3) is 0 Å². The molecule has 0 spiro atoms. The van der Waals surface area contributed by atoms with Gasteiger partial charge < -0.3 is 9.47 Å². The monoisotopic (exact) mass is 262 g/mol. The SMILES string of the molecule is CCCCCOC(=O)OC(C)(C)OOCCCC. The highest BCUT2D eigenvalue weighted by atomic mass is 17.2. The number of carbonyl (C=O) groups is 1. The minimum Gasteiger partial charge on any atom is -0.434 e. The number of ether oxygens (including phenoxy) is 2. The molecule has 0 heterocycles. The van der Waals surface area contributed by atoms with Crippen molar-refractivity contribution in [2.45, 2.75) is 65.6 Å². The molecule has 0 rings (SSSR count). The summed E-state index contributed by atoms with van der Waals surface area (Å²) in [6.45, 7) is 8.20. The Kier molecular flexibility index (Phi) is 9.69. The molecular weight excluding hydrogens is 236 g/mol. The van der Waals surface area contributed by atoms with Crippen molar-refractivity contribution in [1.29, 1.82) is 0 Å². The first-order valence-corrected chi connectivity index (χ1v) is 6.68. The van der Waals surface area contributed by atoms with E-state index in [1.165, 1.54) is 0 Å². The average Bonchev–Trinajstić information content (AvgIpc) is 2.30. The molecule has 5 heteroatoms. The largest absolute Gasteiger partial charge is 0.510 e. The van der Waals surface area contributed by atoms with Gasteiger partial charge in [0.15, 0.2) is 0 Å². The second kappa shape index (κ2) is 10.1. The van der Waals surface area contributed by atoms with E-state index in [1.807, 2.05) is 0 Å². The van der Waals surface area contributed by atoms with Gasteiger partial charge in [-0.2, -0.15) is 4.89 Å². The van der Waals surface area contributed by atoms with Crippen molar-refractivity contribution in [3.8, 4) is 0 Å². The summed E-state index contributed by atoms with van der Waals surface area (Å²) in [5.74, 6) is -1.13. The van der Waals surface area contributed by atoms with Gasteiger partial charge in [0.1, 0.15) is 0 Å². The molecule has 0 bridgehead atoms. The van der Waals surface area contributed by atoms with Crippen LogP contribution in [0.15, 0.2) is 0 Å². The Morgan fingerprint density at radius 2 is 1.67 bits per heavy atom. The highest BCUT2D eigenvalue weighted by Gasteiger charge is 2.26. The first kappa shape index (κ1) is 17.2. The van der Waals surface area contributed by atoms with Crippen molar-refractivity contribution in [2.75, 3.05) is 13.2 Å². The molecule has 0 atom stereocenters. The van der Waals surface area contributed by atoms with Gasteiger partial charge in [0.2, 0.25) is 5.79 Å². The minimum atomic E-state index is -1.13. The van der Waals surface area contributed by atoms with Crippen LogP contribution in [-0.2, 0) is 19.2 Å². The molecule has 0 aliphatic heterocycles. The zero-order chi connectivity index (χ0) is 13.9. The molecule has 0 unspecified atom stereocenters. The first-order valence-electron chi connectivity index (χ1n) is 6.68. The van der Waals surface area contributed by atoms with Crippen LogP contribution in [0.4, 0.5) is 4.79 Å². The molecule has 0 aromatic rings. The summed E-state index contributed by atoms with van der Waals surface area (Å²) in [5, 5.41) is 0. The summed E-state index contributed by atoms with van der Waals surface area (Å²) < 4.78 is 9.90. The summed E-state index contributed by atoms with van der Waals surface area (Å²) in [6, 6.07) is 0. The summed E-state index contributed by atoms with van der Waals surface area (Å²) >= 11 is 0. The van der Waals surface area contributed by atoms with E-state index in [0.29, 0.717) is 13.2 Å². The molecule has 0 amide bonds. The molecule has 0 saturated carbocycles. The smallest absolute Gasteiger partial charge is 0.434 e. The van der Waals surface area contributed by atoms with Gasteiger partial charge in [0.05, 0.1) is 13.2 Å². The predicted molar refractivity (Wildman–Crippen MR) is 68.0 cm³/mol. The minimum absolute atomic E-state index is 0.374. The van der Waals surface area contributed by atoms with Gasteiger partial charge in [-0.05, 0) is 12.8 Å². The first-order chi connectivity index (χ1) is 8.52. The fourth-order valence-electron chi connectivity index (χ4n) is 1.14. The molecule has 0 aromatic heterocycles. The predicted octanol–water partition coefficient (Wildman–Crippen LogP) is 3.81. The van der Waals surface area contributed by atoms with E-state index < -0.39 is 11.9 Å². The Morgan fingerprint density at radius 3 is 2.28 bits per heavy atom. The van der Waals surface area contributed by atoms with E-state index in [1.54, 1.807) is 13.8 Å². The van der Waals surface area contributed by atoms with Crippen LogP contribution in [0.25, 0.3) is 0 Å². The highest BCUT2D eigenvalue weighted by molar-refractivity contribution is 5.60. The van der Waals surface area contributed by atoms with Crippen LogP contribution in [0, 0.1) is 0 Å². The summed E-state index contributed by atoms with van der Waals surface area (Å²) in [5.41, 5.74) is 0. The third-order valence-corrected chi connectivity index (χ3v) is 2.14. The summed E-state index contributed by atoms with van der Waals surface area (Å²) in [7, 11) is 0. The van der Waals surface area contributed by atoms with Gasteiger partial charge in [0, 0.05) is 13.8 Å². The van der Waals surface area contributed by atoms with Crippen molar-refractivity contribution in [3.05, 3.63) is 0 Å². The van der Waals surface area contributed by atoms with Crippen LogP contribution in [0.1, 0.15) is 59.8 Å². The maximum absolute atomic E-state index is 11.3. The molecule has 18 heavy (non-hydrogen) atoms. The lowest BCUT2D eigenvalue weighted by Crippen LogP contribution is -2.32. The van der Waals surface area contributed by atoms with Gasteiger partial charge in [-0.25, -0.2) is 9.68 Å². The lowest BCUT2D eigenvalue weighted by Gasteiger charge is -2.23. The Bertz CT molecular complexity index is 215. The highest BCUT2D eigenvalue weighted by Crippen LogP contribution is 2.13. The second-order valence-electron chi connectivity index (χ2n) is 4.57. The molecular formula is C13H26O5. The van der Waals surface area contributed by atoms with E-state index >= 15 is 0 Å². The normalized spacial score (nSPS) is 11.3. The summed E-state index contributed by atoms with van der Waals surface area (Å²) in [4.78, 5) is 21.3. The van der Waals surface area contributed by atoms with E-state index in [4.69, 9.17) is 19.2 Å². The van der Waals surface area contributed by atoms with Crippen LogP contribution in [0.2, 0.25) is 0 Å². The average molecular weight is 262 g/mol. The molecule has 0 radical (unpaired) electrons. The number of carbonyl (C=O) groups excluding carboxylic acids is 1. The van der Waals surface area contributed by atoms with E-state index in [0.717, 1.165) is 32.1 Å². The maximum atomic E-state index is 11.3. The van der Waals surface area contributed by atoms with Crippen molar-refractivity contribution in [3.63, 3.8) is 0 Å². The van der Waals surface area contributed by atoms with Gasteiger partial charge in [-0.3, -0.25) is 0 Å². The van der Waals surface area contributed by atoms with Crippen molar-refractivity contribution in [1.82, 2.24) is 0 Å². The molecule has 5 nitrogen and oxygen atoms in total. The maximum Gasteiger partial charge on any atom is 0.510 e. The lowest BCUT2D eigenvalue weighted by atomic mass is 10.3. The quantitative estimate of drug-likeness (QED) is 0.197. The second-order valence-corrected chi connectivity index (χ2v) is 4.57. The van der Waals surface area contributed by atoms with Crippen LogP contribution in [0.3, 0.4) is 0 Å². The third-order valence-electron chi connectivity index (χ3n) is 2.14. The molecule has 0 aliphatic carbocycles. The fraction of sp³-hybridized carbons (Fsp3) is 0.923. The van der Waals surface area contributed by atoms with Crippen molar-refractivity contribution < 1.29 is 24.0 Å². The van der Waals surface area contributed by atoms with Gasteiger partial charge in [-0.1, -0.05) is 33.1 Å². The van der Waals surface area contributed by atoms with E-state index in [9.17, 15) is 4.79 Å². The zero-order valence-corrected chi connectivity index (χ0v) is 12.0. The number of hydrogen-bond donors (Lipinski definition) is 0. The molecule has 108 valence electrons. The topological polar surface area (TPSA) is 54.0 Å². The van der Waals surface area contributed by atoms with Crippen LogP contribution in [-0.4, -0.2) is 25.2 Å². The molecule has 0 fully saturated rings. The van der Waals surface area contributed by atoms with E-state index in [2.05, 4.69) is 13.8 Å². The Hall–Kier alpha value is -0.810. The molecule has 0 aliphatic rings. The Morgan fingerprint density at radius 1 is 1.00 bits per heavy atom. The van der Waals surface area contributed by atoms with Crippen molar-refractivity contribution in [2.24, 2.45) is 0 Å². The van der Waals surface area contributed by atoms with Crippen LogP contribution < -0.4 is 0 Å². The Balaban J connectivity index is 3.67. The van der Waals surface area contributed by atoms with Gasteiger partial charge >= 0.3 is 6.16 Å². The third kappa shape index (κ3) is 10.4. The lowest BCUT2D eigenvalue weighted by molar-refractivity contribution is -0.407. The molecule has 0 aromatic carbocycles. The number of rotatable bonds is 10. The number of unbranched alkanes of at least 4 members (excludes halogenated alkanes) is 3. The van der Waals surface area contributed by atoms with Crippen LogP contribution >= 0.6 is 0 Å². The molecule has 0 N–H and O–H groups in total.